The van der Waals surface area contributed by atoms with Crippen molar-refractivity contribution >= 4 is 5.96 Å². The lowest BCUT2D eigenvalue weighted by atomic mass is 10.0. The van der Waals surface area contributed by atoms with Crippen LogP contribution in [0.15, 0.2) is 41.7 Å². The Hall–Kier alpha value is -2.54. The van der Waals surface area contributed by atoms with Gasteiger partial charge in [-0.15, -0.1) is 0 Å². The van der Waals surface area contributed by atoms with Gasteiger partial charge in [0, 0.05) is 26.3 Å². The van der Waals surface area contributed by atoms with Crippen molar-refractivity contribution in [2.24, 2.45) is 4.99 Å². The van der Waals surface area contributed by atoms with Crippen LogP contribution in [0.4, 0.5) is 0 Å². The van der Waals surface area contributed by atoms with Crippen LogP contribution in [-0.4, -0.2) is 61.0 Å². The molecule has 1 aromatic carbocycles. The summed E-state index contributed by atoms with van der Waals surface area (Å²) in [6.07, 6.45) is 7.79. The Morgan fingerprint density at radius 1 is 1.17 bits per heavy atom. The number of methoxy groups -OCH3 is 1. The average Bonchev–Trinajstić information content (AvgIpc) is 3.18. The van der Waals surface area contributed by atoms with Crippen molar-refractivity contribution in [2.75, 3.05) is 40.3 Å². The number of benzene rings is 1. The van der Waals surface area contributed by atoms with Crippen molar-refractivity contribution in [3.05, 3.63) is 47.8 Å². The molecule has 1 aliphatic heterocycles. The summed E-state index contributed by atoms with van der Waals surface area (Å²) in [6, 6.07) is 8.76. The molecule has 1 fully saturated rings. The van der Waals surface area contributed by atoms with Crippen molar-refractivity contribution in [1.29, 1.82) is 0 Å². The normalized spacial score (nSPS) is 16.4. The van der Waals surface area contributed by atoms with Crippen LogP contribution in [0.3, 0.4) is 0 Å². The van der Waals surface area contributed by atoms with Crippen molar-refractivity contribution in [3.63, 3.8) is 0 Å². The first-order valence-corrected chi connectivity index (χ1v) is 10.5. The Balaban J connectivity index is 1.58. The molecule has 0 amide bonds. The highest BCUT2D eigenvalue weighted by Gasteiger charge is 2.22. The second-order valence-corrected chi connectivity index (χ2v) is 7.55. The van der Waals surface area contributed by atoms with E-state index in [1.807, 2.05) is 36.3 Å². The van der Waals surface area contributed by atoms with Crippen LogP contribution in [0.5, 0.6) is 5.75 Å². The number of likely N-dealkylation sites (tertiary alicyclic amines) is 1. The molecule has 0 radical (unpaired) electrons. The predicted octanol–water partition coefficient (Wildman–Crippen LogP) is 2.59. The Bertz CT molecular complexity index is 764. The topological polar surface area (TPSA) is 66.7 Å². The van der Waals surface area contributed by atoms with Gasteiger partial charge in [-0.05, 0) is 56.1 Å². The Kier molecular flexibility index (Phi) is 7.93. The number of hydrogen-bond acceptors (Lipinski definition) is 4. The average molecular weight is 399 g/mol. The number of nitrogens with one attached hydrogen (secondary N) is 2. The summed E-state index contributed by atoms with van der Waals surface area (Å²) in [6.45, 7) is 6.73. The second-order valence-electron chi connectivity index (χ2n) is 7.55. The first-order valence-electron chi connectivity index (χ1n) is 10.5. The molecule has 1 atom stereocenters. The maximum Gasteiger partial charge on any atom is 0.191 e. The zero-order valence-corrected chi connectivity index (χ0v) is 17.9. The highest BCUT2D eigenvalue weighted by Crippen LogP contribution is 2.25. The largest absolute Gasteiger partial charge is 0.497 e. The molecule has 158 valence electrons. The lowest BCUT2D eigenvalue weighted by Crippen LogP contribution is -2.45. The monoisotopic (exact) mass is 398 g/mol. The van der Waals surface area contributed by atoms with E-state index < -0.39 is 0 Å². The highest BCUT2D eigenvalue weighted by molar-refractivity contribution is 5.79. The molecule has 7 nitrogen and oxygen atoms in total. The van der Waals surface area contributed by atoms with E-state index in [1.54, 1.807) is 7.11 Å². The van der Waals surface area contributed by atoms with E-state index in [4.69, 9.17) is 4.74 Å². The molecule has 1 aromatic heterocycles. The first-order chi connectivity index (χ1) is 14.2. The number of aliphatic imine (C=N–C) groups is 1. The molecular weight excluding hydrogens is 364 g/mol. The van der Waals surface area contributed by atoms with E-state index in [0.717, 1.165) is 44.4 Å². The van der Waals surface area contributed by atoms with Crippen LogP contribution in [0, 0.1) is 6.92 Å². The fraction of sp³-hybridized carbons (Fsp3) is 0.545. The summed E-state index contributed by atoms with van der Waals surface area (Å²) in [5.74, 6) is 1.72. The number of nitrogens with zero attached hydrogens (tertiary/aromatic N) is 4. The molecule has 1 saturated heterocycles. The molecule has 0 aliphatic carbocycles. The number of aryl methyl sites for hydroxylation is 1. The Morgan fingerprint density at radius 3 is 2.55 bits per heavy atom. The Labute approximate surface area is 174 Å². The van der Waals surface area contributed by atoms with Gasteiger partial charge < -0.3 is 15.4 Å². The third-order valence-electron chi connectivity index (χ3n) is 5.41. The quantitative estimate of drug-likeness (QED) is 0.529. The summed E-state index contributed by atoms with van der Waals surface area (Å²) >= 11 is 0. The Morgan fingerprint density at radius 2 is 1.93 bits per heavy atom. The van der Waals surface area contributed by atoms with E-state index in [2.05, 4.69) is 44.7 Å². The summed E-state index contributed by atoms with van der Waals surface area (Å²) in [7, 11) is 3.52. The van der Waals surface area contributed by atoms with Crippen LogP contribution in [0.1, 0.15) is 36.4 Å². The minimum absolute atomic E-state index is 0.313. The van der Waals surface area contributed by atoms with Gasteiger partial charge in [-0.1, -0.05) is 18.6 Å². The zero-order chi connectivity index (χ0) is 20.5. The van der Waals surface area contributed by atoms with E-state index in [-0.39, 0.29) is 0 Å². The van der Waals surface area contributed by atoms with Gasteiger partial charge in [-0.2, -0.15) is 5.10 Å². The maximum atomic E-state index is 5.33. The molecule has 0 spiro atoms. The van der Waals surface area contributed by atoms with Gasteiger partial charge in [-0.25, -0.2) is 0 Å². The molecular formula is C22H34N6O. The molecule has 3 rings (SSSR count). The fourth-order valence-corrected chi connectivity index (χ4v) is 3.81. The summed E-state index contributed by atoms with van der Waals surface area (Å²) in [4.78, 5) is 6.97. The zero-order valence-electron chi connectivity index (χ0n) is 17.9. The van der Waals surface area contributed by atoms with E-state index in [1.165, 1.54) is 30.4 Å². The van der Waals surface area contributed by atoms with E-state index in [9.17, 15) is 0 Å². The number of guanidine groups is 1. The van der Waals surface area contributed by atoms with Crippen LogP contribution < -0.4 is 15.4 Å². The third-order valence-corrected chi connectivity index (χ3v) is 5.41. The number of rotatable bonds is 8. The van der Waals surface area contributed by atoms with Gasteiger partial charge >= 0.3 is 0 Å². The second kappa shape index (κ2) is 10.9. The van der Waals surface area contributed by atoms with Gasteiger partial charge in [0.15, 0.2) is 5.96 Å². The fourth-order valence-electron chi connectivity index (χ4n) is 3.81. The van der Waals surface area contributed by atoms with Crippen LogP contribution in [0.25, 0.3) is 0 Å². The SMILES string of the molecule is CN=C(NCCn1cc(C)cn1)NCC(c1ccc(OC)cc1)N1CCCCC1. The van der Waals surface area contributed by atoms with Crippen molar-refractivity contribution < 1.29 is 4.74 Å². The lowest BCUT2D eigenvalue weighted by molar-refractivity contribution is 0.164. The van der Waals surface area contributed by atoms with Crippen LogP contribution in [-0.2, 0) is 6.54 Å². The van der Waals surface area contributed by atoms with E-state index >= 15 is 0 Å². The van der Waals surface area contributed by atoms with Crippen LogP contribution in [0.2, 0.25) is 0 Å². The van der Waals surface area contributed by atoms with Gasteiger partial charge in [0.1, 0.15) is 5.75 Å². The van der Waals surface area contributed by atoms with Gasteiger partial charge in [0.25, 0.3) is 0 Å². The number of hydrogen-bond donors (Lipinski definition) is 2. The van der Waals surface area contributed by atoms with Gasteiger partial charge in [0.2, 0.25) is 0 Å². The molecule has 2 aromatic rings. The molecule has 7 heteroatoms. The minimum atomic E-state index is 0.313. The molecule has 0 saturated carbocycles. The number of aromatic nitrogens is 2. The standard InChI is InChI=1S/C22H34N6O/c1-18-15-26-28(17-18)14-11-24-22(23-2)25-16-21(27-12-5-4-6-13-27)19-7-9-20(29-3)10-8-19/h7-10,15,17,21H,4-6,11-14,16H2,1-3H3,(H2,23,24,25). The van der Waals surface area contributed by atoms with Crippen molar-refractivity contribution in [2.45, 2.75) is 38.8 Å². The number of piperidine rings is 1. The maximum absolute atomic E-state index is 5.33. The van der Waals surface area contributed by atoms with E-state index in [0.29, 0.717) is 6.04 Å². The van der Waals surface area contributed by atoms with Crippen molar-refractivity contribution in [3.8, 4) is 5.75 Å². The summed E-state index contributed by atoms with van der Waals surface area (Å²) < 4.78 is 7.27. The smallest absolute Gasteiger partial charge is 0.191 e. The molecule has 29 heavy (non-hydrogen) atoms. The first kappa shape index (κ1) is 21.2. The highest BCUT2D eigenvalue weighted by atomic mass is 16.5. The summed E-state index contributed by atoms with van der Waals surface area (Å²) in [5.41, 5.74) is 2.49. The molecule has 1 aliphatic rings. The molecule has 2 heterocycles. The third kappa shape index (κ3) is 6.22. The molecule has 2 N–H and O–H groups in total. The van der Waals surface area contributed by atoms with Crippen molar-refractivity contribution in [1.82, 2.24) is 25.3 Å². The van der Waals surface area contributed by atoms with Crippen LogP contribution >= 0.6 is 0 Å². The summed E-state index contributed by atoms with van der Waals surface area (Å²) in [5, 5.41) is 11.2. The van der Waals surface area contributed by atoms with Gasteiger partial charge in [0.05, 0.1) is 25.9 Å². The lowest BCUT2D eigenvalue weighted by Gasteiger charge is -2.35. The predicted molar refractivity (Wildman–Crippen MR) is 117 cm³/mol. The van der Waals surface area contributed by atoms with Gasteiger partial charge in [-0.3, -0.25) is 14.6 Å². The molecule has 0 bridgehead atoms. The minimum Gasteiger partial charge on any atom is -0.497 e. The molecule has 1 unspecified atom stereocenters. The number of ether oxygens (including phenoxy) is 1.